The molecule has 0 fully saturated rings. The molecule has 3 aromatic rings. The summed E-state index contributed by atoms with van der Waals surface area (Å²) in [6.45, 7) is 8.44. The lowest BCUT2D eigenvalue weighted by molar-refractivity contribution is 0.0464. The number of esters is 1. The van der Waals surface area contributed by atoms with Crippen molar-refractivity contribution in [3.63, 3.8) is 0 Å². The number of carbonyl (C=O) groups is 2. The molecule has 0 aliphatic rings. The summed E-state index contributed by atoms with van der Waals surface area (Å²) in [6, 6.07) is 5.14. The van der Waals surface area contributed by atoms with Crippen molar-refractivity contribution in [2.24, 2.45) is 5.92 Å². The van der Waals surface area contributed by atoms with Crippen LogP contribution in [0.5, 0.6) is 0 Å². The molecule has 0 unspecified atom stereocenters. The van der Waals surface area contributed by atoms with Crippen molar-refractivity contribution in [3.8, 4) is 0 Å². The van der Waals surface area contributed by atoms with E-state index in [1.807, 2.05) is 32.4 Å². The fraction of sp³-hybridized carbons (Fsp3) is 0.391. The van der Waals surface area contributed by atoms with Crippen molar-refractivity contribution >= 4 is 55.1 Å². The van der Waals surface area contributed by atoms with Crippen molar-refractivity contribution in [1.29, 1.82) is 0 Å². The summed E-state index contributed by atoms with van der Waals surface area (Å²) in [5.74, 6) is 0.310. The number of ether oxygens (including phenoxy) is 1. The Bertz CT molecular complexity index is 1300. The second-order valence-corrected chi connectivity index (χ2v) is 11.0. The Kier molecular flexibility index (Phi) is 8.62. The van der Waals surface area contributed by atoms with Crippen LogP contribution >= 0.6 is 11.3 Å². The number of amides is 2. The molecule has 3 rings (SSSR count). The number of benzene rings is 1. The van der Waals surface area contributed by atoms with Crippen LogP contribution < -0.4 is 15.4 Å². The van der Waals surface area contributed by atoms with Gasteiger partial charge in [0.1, 0.15) is 21.9 Å². The first kappa shape index (κ1) is 26.4. The first-order valence-corrected chi connectivity index (χ1v) is 13.5. The van der Waals surface area contributed by atoms with E-state index in [0.29, 0.717) is 45.3 Å². The van der Waals surface area contributed by atoms with Crippen LogP contribution in [0.25, 0.3) is 10.2 Å². The van der Waals surface area contributed by atoms with Crippen molar-refractivity contribution in [1.82, 2.24) is 20.0 Å². The number of hydrogen-bond acceptors (Lipinski definition) is 9. The minimum Gasteiger partial charge on any atom is -0.461 e. The fourth-order valence-corrected chi connectivity index (χ4v) is 5.09. The number of carbonyl (C=O) groups excluding carboxylic acids is 2. The predicted molar refractivity (Wildman–Crippen MR) is 136 cm³/mol. The summed E-state index contributed by atoms with van der Waals surface area (Å²) in [7, 11) is -4.01. The standard InChI is InChI=1S/C23H29N5O5S2/c1-5-6-11-24-23(30)28-35(31,32)17-9-7-16(8-10-17)27-20-18-15(4)19(22(29)33-12-14(2)3)34-21(18)26-13-25-20/h7-10,13-14H,5-6,11-12H2,1-4H3,(H2,24,28,30)(H,25,26,27). The maximum Gasteiger partial charge on any atom is 0.348 e. The Labute approximate surface area is 208 Å². The van der Waals surface area contributed by atoms with Crippen LogP contribution in [0.1, 0.15) is 48.8 Å². The molecular weight excluding hydrogens is 490 g/mol. The number of rotatable bonds is 10. The summed E-state index contributed by atoms with van der Waals surface area (Å²) in [4.78, 5) is 34.0. The van der Waals surface area contributed by atoms with Crippen molar-refractivity contribution in [2.75, 3.05) is 18.5 Å². The third-order valence-corrected chi connectivity index (χ3v) is 7.46. The second kappa shape index (κ2) is 11.5. The normalized spacial score (nSPS) is 11.5. The lowest BCUT2D eigenvalue weighted by Crippen LogP contribution is -2.39. The number of nitrogens with one attached hydrogen (secondary N) is 3. The number of fused-ring (bicyclic) bond motifs is 1. The zero-order chi connectivity index (χ0) is 25.6. The molecule has 188 valence electrons. The quantitative estimate of drug-likeness (QED) is 0.265. The summed E-state index contributed by atoms with van der Waals surface area (Å²) in [5, 5.41) is 6.36. The lowest BCUT2D eigenvalue weighted by Gasteiger charge is -2.10. The third kappa shape index (κ3) is 6.67. The highest BCUT2D eigenvalue weighted by Gasteiger charge is 2.21. The van der Waals surface area contributed by atoms with Crippen LogP contribution in [0.2, 0.25) is 0 Å². The minimum absolute atomic E-state index is 0.0524. The van der Waals surface area contributed by atoms with E-state index in [1.54, 1.807) is 12.1 Å². The van der Waals surface area contributed by atoms with Gasteiger partial charge >= 0.3 is 12.0 Å². The van der Waals surface area contributed by atoms with Gasteiger partial charge in [-0.25, -0.2) is 32.7 Å². The third-order valence-electron chi connectivity index (χ3n) is 4.93. The minimum atomic E-state index is -4.01. The van der Waals surface area contributed by atoms with Crippen molar-refractivity contribution in [2.45, 2.75) is 45.4 Å². The van der Waals surface area contributed by atoms with E-state index in [9.17, 15) is 18.0 Å². The number of aromatic nitrogens is 2. The van der Waals surface area contributed by atoms with E-state index in [0.717, 1.165) is 12.8 Å². The molecule has 1 aromatic carbocycles. The van der Waals surface area contributed by atoms with Gasteiger partial charge in [-0.3, -0.25) is 0 Å². The highest BCUT2D eigenvalue weighted by Crippen LogP contribution is 2.35. The van der Waals surface area contributed by atoms with E-state index >= 15 is 0 Å². The number of sulfonamides is 1. The monoisotopic (exact) mass is 519 g/mol. The number of anilines is 2. The Morgan fingerprint density at radius 3 is 2.51 bits per heavy atom. The molecule has 3 N–H and O–H groups in total. The van der Waals surface area contributed by atoms with Gasteiger partial charge in [0.05, 0.1) is 16.9 Å². The molecule has 0 bridgehead atoms. The smallest absolute Gasteiger partial charge is 0.348 e. The number of hydrogen-bond donors (Lipinski definition) is 3. The van der Waals surface area contributed by atoms with Crippen LogP contribution in [0.3, 0.4) is 0 Å². The van der Waals surface area contributed by atoms with Gasteiger partial charge in [0.15, 0.2) is 0 Å². The molecule has 0 saturated heterocycles. The average molecular weight is 520 g/mol. The predicted octanol–water partition coefficient (Wildman–Crippen LogP) is 4.34. The van der Waals surface area contributed by atoms with Gasteiger partial charge in [-0.15, -0.1) is 11.3 Å². The summed E-state index contributed by atoms with van der Waals surface area (Å²) in [5.41, 5.74) is 1.28. The lowest BCUT2D eigenvalue weighted by atomic mass is 10.2. The Morgan fingerprint density at radius 2 is 1.86 bits per heavy atom. The van der Waals surface area contributed by atoms with Gasteiger partial charge in [0, 0.05) is 12.2 Å². The summed E-state index contributed by atoms with van der Waals surface area (Å²) < 4.78 is 32.3. The number of aryl methyl sites for hydroxylation is 1. The molecule has 0 spiro atoms. The molecule has 2 amide bonds. The largest absolute Gasteiger partial charge is 0.461 e. The van der Waals surface area contributed by atoms with E-state index in [2.05, 4.69) is 20.6 Å². The molecule has 10 nitrogen and oxygen atoms in total. The Balaban J connectivity index is 1.77. The van der Waals surface area contributed by atoms with Crippen molar-refractivity contribution < 1.29 is 22.7 Å². The van der Waals surface area contributed by atoms with E-state index in [1.165, 1.54) is 29.8 Å². The van der Waals surface area contributed by atoms with Crippen LogP contribution in [-0.2, 0) is 14.8 Å². The fourth-order valence-electron chi connectivity index (χ4n) is 3.12. The van der Waals surface area contributed by atoms with Crippen LogP contribution in [0.15, 0.2) is 35.5 Å². The zero-order valence-corrected chi connectivity index (χ0v) is 21.7. The number of urea groups is 1. The van der Waals surface area contributed by atoms with Gasteiger partial charge in [-0.1, -0.05) is 27.2 Å². The first-order chi connectivity index (χ1) is 16.6. The zero-order valence-electron chi connectivity index (χ0n) is 20.0. The average Bonchev–Trinajstić information content (AvgIpc) is 3.15. The SMILES string of the molecule is CCCCNC(=O)NS(=O)(=O)c1ccc(Nc2ncnc3sc(C(=O)OCC(C)C)c(C)c23)cc1. The molecule has 12 heteroatoms. The van der Waals surface area contributed by atoms with E-state index < -0.39 is 22.0 Å². The van der Waals surface area contributed by atoms with Gasteiger partial charge < -0.3 is 15.4 Å². The molecule has 2 aromatic heterocycles. The van der Waals surface area contributed by atoms with Crippen LogP contribution in [0.4, 0.5) is 16.3 Å². The molecule has 0 atom stereocenters. The van der Waals surface area contributed by atoms with E-state index in [-0.39, 0.29) is 10.8 Å². The highest BCUT2D eigenvalue weighted by atomic mass is 32.2. The number of unbranched alkanes of at least 4 members (excludes halogenated alkanes) is 1. The molecule has 0 aliphatic carbocycles. The molecule has 35 heavy (non-hydrogen) atoms. The number of thiophene rings is 1. The van der Waals surface area contributed by atoms with Gasteiger partial charge in [-0.05, 0) is 49.1 Å². The van der Waals surface area contributed by atoms with Gasteiger partial charge in [0.25, 0.3) is 10.0 Å². The molecular formula is C23H29N5O5S2. The maximum atomic E-state index is 12.5. The van der Waals surface area contributed by atoms with Gasteiger partial charge in [0.2, 0.25) is 0 Å². The summed E-state index contributed by atoms with van der Waals surface area (Å²) >= 11 is 1.24. The molecule has 2 heterocycles. The summed E-state index contributed by atoms with van der Waals surface area (Å²) in [6.07, 6.45) is 3.03. The van der Waals surface area contributed by atoms with Crippen molar-refractivity contribution in [3.05, 3.63) is 41.0 Å². The molecule has 0 radical (unpaired) electrons. The van der Waals surface area contributed by atoms with Gasteiger partial charge in [-0.2, -0.15) is 0 Å². The highest BCUT2D eigenvalue weighted by molar-refractivity contribution is 7.90. The van der Waals surface area contributed by atoms with Crippen LogP contribution in [0, 0.1) is 12.8 Å². The molecule has 0 aliphatic heterocycles. The second-order valence-electron chi connectivity index (χ2n) is 8.32. The topological polar surface area (TPSA) is 139 Å². The number of nitrogens with zero attached hydrogens (tertiary/aromatic N) is 2. The molecule has 0 saturated carbocycles. The first-order valence-electron chi connectivity index (χ1n) is 11.2. The van der Waals surface area contributed by atoms with E-state index in [4.69, 9.17) is 4.74 Å². The van der Waals surface area contributed by atoms with Crippen LogP contribution in [-0.4, -0.2) is 43.5 Å². The Hall–Kier alpha value is -3.25. The maximum absolute atomic E-state index is 12.5. The Morgan fingerprint density at radius 1 is 1.14 bits per heavy atom.